The van der Waals surface area contributed by atoms with Crippen LogP contribution in [0, 0.1) is 0 Å². The zero-order chi connectivity index (χ0) is 15.6. The van der Waals surface area contributed by atoms with Crippen LogP contribution in [0.15, 0.2) is 25.4 Å². The molecule has 4 aliphatic heterocycles. The number of rotatable bonds is 4. The van der Waals surface area contributed by atoms with Crippen molar-refractivity contribution in [1.82, 2.24) is 0 Å². The Morgan fingerprint density at radius 2 is 1.35 bits per heavy atom. The van der Waals surface area contributed by atoms with Crippen molar-refractivity contribution in [3.63, 3.8) is 0 Å². The van der Waals surface area contributed by atoms with Gasteiger partial charge in [-0.2, -0.15) is 0 Å². The molecule has 0 aromatic heterocycles. The Hall–Kier alpha value is 2.02. The standard InChI is InChI=1S/C15H18S8/c1-2-3-4-5-9-8-18-12-13(19-9)23-15(22-12)14-20-10-11(21-14)17-7-6-16-10/h9H,2-8H2,1H3/t9-/m0/s1. The highest BCUT2D eigenvalue weighted by Gasteiger charge is 2.34. The molecule has 0 spiro atoms. The molecule has 4 rings (SSSR count). The van der Waals surface area contributed by atoms with Crippen LogP contribution >= 0.6 is 94.1 Å². The van der Waals surface area contributed by atoms with Gasteiger partial charge in [-0.15, -0.1) is 47.0 Å². The van der Waals surface area contributed by atoms with Crippen molar-refractivity contribution in [3.05, 3.63) is 25.4 Å². The van der Waals surface area contributed by atoms with E-state index in [2.05, 4.69) is 65.7 Å². The molecular weight excluding hydrogens is 437 g/mol. The lowest BCUT2D eigenvalue weighted by molar-refractivity contribution is 0.668. The van der Waals surface area contributed by atoms with Gasteiger partial charge in [0, 0.05) is 22.5 Å². The summed E-state index contributed by atoms with van der Waals surface area (Å²) in [6.07, 6.45) is 5.53. The van der Waals surface area contributed by atoms with Crippen LogP contribution in [0.1, 0.15) is 32.6 Å². The van der Waals surface area contributed by atoms with Gasteiger partial charge in [0.1, 0.15) is 0 Å². The molecule has 4 heterocycles. The summed E-state index contributed by atoms with van der Waals surface area (Å²) in [5.41, 5.74) is 0. The normalized spacial score (nSPS) is 27.8. The van der Waals surface area contributed by atoms with E-state index in [1.807, 2.05) is 35.3 Å². The smallest absolute Gasteiger partial charge is 0.0717 e. The molecule has 0 N–H and O–H groups in total. The third-order valence-electron chi connectivity index (χ3n) is 3.59. The van der Waals surface area contributed by atoms with E-state index in [0.29, 0.717) is 0 Å². The molecule has 4 aliphatic rings. The third-order valence-corrected chi connectivity index (χ3v) is 16.0. The van der Waals surface area contributed by atoms with E-state index in [4.69, 9.17) is 0 Å². The summed E-state index contributed by atoms with van der Waals surface area (Å²) in [6, 6.07) is 0. The van der Waals surface area contributed by atoms with Crippen molar-refractivity contribution in [2.45, 2.75) is 37.9 Å². The Kier molecular flexibility index (Phi) is 7.04. The van der Waals surface area contributed by atoms with Crippen molar-refractivity contribution in [1.29, 1.82) is 0 Å². The van der Waals surface area contributed by atoms with Crippen molar-refractivity contribution in [2.75, 3.05) is 17.3 Å². The first kappa shape index (κ1) is 18.4. The molecule has 0 radical (unpaired) electrons. The van der Waals surface area contributed by atoms with Crippen LogP contribution in [0.3, 0.4) is 0 Å². The minimum absolute atomic E-state index is 0.837. The maximum atomic E-state index is 2.30. The Bertz CT molecular complexity index is 556. The van der Waals surface area contributed by atoms with E-state index < -0.39 is 0 Å². The van der Waals surface area contributed by atoms with Gasteiger partial charge in [0.25, 0.3) is 0 Å². The first-order chi connectivity index (χ1) is 11.3. The molecule has 8 heteroatoms. The maximum Gasteiger partial charge on any atom is 0.0717 e. The summed E-state index contributed by atoms with van der Waals surface area (Å²) in [5, 5.41) is 0.837. The topological polar surface area (TPSA) is 0 Å². The van der Waals surface area contributed by atoms with E-state index in [0.717, 1.165) is 5.25 Å². The summed E-state index contributed by atoms with van der Waals surface area (Å²) in [6.45, 7) is 2.30. The minimum atomic E-state index is 0.837. The second-order valence-electron chi connectivity index (χ2n) is 5.38. The van der Waals surface area contributed by atoms with Gasteiger partial charge in [0.2, 0.25) is 0 Å². The molecule has 23 heavy (non-hydrogen) atoms. The first-order valence-electron chi connectivity index (χ1n) is 7.82. The van der Waals surface area contributed by atoms with Crippen molar-refractivity contribution in [3.8, 4) is 0 Å². The van der Waals surface area contributed by atoms with Gasteiger partial charge in [-0.05, 0) is 6.42 Å². The highest BCUT2D eigenvalue weighted by atomic mass is 32.3. The fourth-order valence-electron chi connectivity index (χ4n) is 2.44. The minimum Gasteiger partial charge on any atom is -0.116 e. The fraction of sp³-hybridized carbons (Fsp3) is 0.600. The lowest BCUT2D eigenvalue weighted by Crippen LogP contribution is -2.09. The van der Waals surface area contributed by atoms with Gasteiger partial charge >= 0.3 is 0 Å². The van der Waals surface area contributed by atoms with Crippen molar-refractivity contribution < 1.29 is 0 Å². The van der Waals surface area contributed by atoms with Gasteiger partial charge in [0.05, 0.1) is 25.4 Å². The Balaban J connectivity index is 1.37. The zero-order valence-electron chi connectivity index (χ0n) is 12.8. The Morgan fingerprint density at radius 3 is 2.00 bits per heavy atom. The van der Waals surface area contributed by atoms with E-state index in [-0.39, 0.29) is 0 Å². The molecule has 0 aliphatic carbocycles. The molecule has 0 saturated heterocycles. The molecule has 0 aromatic rings. The summed E-state index contributed by atoms with van der Waals surface area (Å²) in [5.74, 6) is 3.86. The average molecular weight is 455 g/mol. The van der Waals surface area contributed by atoms with Crippen LogP contribution < -0.4 is 0 Å². The predicted molar refractivity (Wildman–Crippen MR) is 124 cm³/mol. The van der Waals surface area contributed by atoms with E-state index in [9.17, 15) is 0 Å². The Labute approximate surface area is 173 Å². The molecular formula is C15H18S8. The average Bonchev–Trinajstić information content (AvgIpc) is 3.18. The van der Waals surface area contributed by atoms with Crippen molar-refractivity contribution >= 4 is 94.1 Å². The zero-order valence-corrected chi connectivity index (χ0v) is 19.3. The van der Waals surface area contributed by atoms with Gasteiger partial charge in [-0.25, -0.2) is 0 Å². The number of unbranched alkanes of at least 4 members (excludes halogenated alkanes) is 2. The van der Waals surface area contributed by atoms with Crippen LogP contribution in [0.25, 0.3) is 0 Å². The molecule has 0 nitrogen and oxygen atoms in total. The summed E-state index contributed by atoms with van der Waals surface area (Å²) in [4.78, 5) is 0. The lowest BCUT2D eigenvalue weighted by atomic mass is 10.2. The predicted octanol–water partition coefficient (Wildman–Crippen LogP) is 8.24. The van der Waals surface area contributed by atoms with Gasteiger partial charge in [-0.3, -0.25) is 0 Å². The summed E-state index contributed by atoms with van der Waals surface area (Å²) in [7, 11) is 0. The van der Waals surface area contributed by atoms with E-state index >= 15 is 0 Å². The molecule has 0 amide bonds. The molecule has 0 fully saturated rings. The SMILES string of the molecule is CCCCC[C@H]1CSC2=C(SC(=C3SC4=C(SCCS4)S3)S2)S1. The molecule has 126 valence electrons. The number of hydrogen-bond acceptors (Lipinski definition) is 8. The molecule has 0 unspecified atom stereocenters. The quantitative estimate of drug-likeness (QED) is 0.384. The second kappa shape index (κ2) is 8.81. The highest BCUT2D eigenvalue weighted by Crippen LogP contribution is 2.68. The van der Waals surface area contributed by atoms with E-state index in [1.54, 1.807) is 25.4 Å². The molecule has 0 aromatic carbocycles. The van der Waals surface area contributed by atoms with E-state index in [1.165, 1.54) is 42.9 Å². The summed E-state index contributed by atoms with van der Waals surface area (Å²) < 4.78 is 9.41. The van der Waals surface area contributed by atoms with Crippen LogP contribution in [0.2, 0.25) is 0 Å². The van der Waals surface area contributed by atoms with Gasteiger partial charge in [0.15, 0.2) is 0 Å². The molecule has 0 bridgehead atoms. The van der Waals surface area contributed by atoms with Crippen LogP contribution in [0.5, 0.6) is 0 Å². The molecule has 0 saturated carbocycles. The summed E-state index contributed by atoms with van der Waals surface area (Å²) >= 11 is 16.6. The maximum absolute atomic E-state index is 2.30. The van der Waals surface area contributed by atoms with Crippen LogP contribution in [-0.4, -0.2) is 22.5 Å². The van der Waals surface area contributed by atoms with Crippen LogP contribution in [-0.2, 0) is 0 Å². The second-order valence-corrected chi connectivity index (χ2v) is 15.6. The highest BCUT2D eigenvalue weighted by molar-refractivity contribution is 8.45. The Morgan fingerprint density at radius 1 is 0.739 bits per heavy atom. The van der Waals surface area contributed by atoms with Gasteiger partial charge in [-0.1, -0.05) is 73.2 Å². The monoisotopic (exact) mass is 454 g/mol. The lowest BCUT2D eigenvalue weighted by Gasteiger charge is -2.21. The van der Waals surface area contributed by atoms with Crippen LogP contribution in [0.4, 0.5) is 0 Å². The first-order valence-corrected chi connectivity index (χ1v) is 14.9. The number of thioether (sulfide) groups is 8. The largest absolute Gasteiger partial charge is 0.116 e. The fourth-order valence-corrected chi connectivity index (χ4v) is 15.2. The third kappa shape index (κ3) is 4.47. The molecule has 1 atom stereocenters. The van der Waals surface area contributed by atoms with Gasteiger partial charge < -0.3 is 0 Å². The number of hydrogen-bond donors (Lipinski definition) is 0. The van der Waals surface area contributed by atoms with Crippen molar-refractivity contribution in [2.24, 2.45) is 0 Å².